The smallest absolute Gasteiger partial charge is 0.0223 e. The number of allylic oxidation sites excluding steroid dienone is 2. The summed E-state index contributed by atoms with van der Waals surface area (Å²) >= 11 is 5.65. The normalized spacial score (nSPS) is 11.5. The summed E-state index contributed by atoms with van der Waals surface area (Å²) in [4.78, 5) is 0. The van der Waals surface area contributed by atoms with E-state index in [9.17, 15) is 0 Å². The highest BCUT2D eigenvalue weighted by atomic mass is 35.5. The van der Waals surface area contributed by atoms with Crippen molar-refractivity contribution in [1.29, 1.82) is 0 Å². The van der Waals surface area contributed by atoms with Gasteiger partial charge in [0.2, 0.25) is 0 Å². The van der Waals surface area contributed by atoms with E-state index in [0.717, 1.165) is 5.88 Å². The van der Waals surface area contributed by atoms with Crippen LogP contribution in [0.15, 0.2) is 12.2 Å². The molecule has 0 aromatic rings. The lowest BCUT2D eigenvalue weighted by Gasteiger charge is -2.00. The summed E-state index contributed by atoms with van der Waals surface area (Å²) in [5, 5.41) is 0. The highest BCUT2D eigenvalue weighted by Crippen LogP contribution is 2.10. The lowest BCUT2D eigenvalue weighted by atomic mass is 10.1. The van der Waals surface area contributed by atoms with Gasteiger partial charge >= 0.3 is 0 Å². The molecule has 0 nitrogen and oxygen atoms in total. The minimum absolute atomic E-state index is 0.838. The molecule has 0 spiro atoms. The monoisotopic (exact) mass is 286 g/mol. The summed E-state index contributed by atoms with van der Waals surface area (Å²) in [6, 6.07) is 0. The first-order valence-corrected chi connectivity index (χ1v) is 9.16. The fourth-order valence-electron chi connectivity index (χ4n) is 2.34. The van der Waals surface area contributed by atoms with Crippen molar-refractivity contribution in [2.45, 2.75) is 96.8 Å². The van der Waals surface area contributed by atoms with Gasteiger partial charge in [-0.2, -0.15) is 0 Å². The van der Waals surface area contributed by atoms with Crippen LogP contribution in [0.4, 0.5) is 0 Å². The zero-order chi connectivity index (χ0) is 14.0. The zero-order valence-electron chi connectivity index (χ0n) is 13.1. The Morgan fingerprint density at radius 3 is 1.47 bits per heavy atom. The molecule has 0 rings (SSSR count). The van der Waals surface area contributed by atoms with Gasteiger partial charge in [0.15, 0.2) is 0 Å². The number of hydrogen-bond donors (Lipinski definition) is 0. The summed E-state index contributed by atoms with van der Waals surface area (Å²) in [6.07, 6.45) is 23.8. The van der Waals surface area contributed by atoms with E-state index in [1.165, 1.54) is 89.9 Å². The van der Waals surface area contributed by atoms with Crippen molar-refractivity contribution in [2.24, 2.45) is 0 Å². The maximum atomic E-state index is 5.65. The number of hydrogen-bond acceptors (Lipinski definition) is 0. The molecule has 0 unspecified atom stereocenters. The zero-order valence-corrected chi connectivity index (χ0v) is 13.9. The fraction of sp³-hybridized carbons (Fsp3) is 0.889. The standard InChI is InChI=1S/C18H35Cl/c1-2-3-4-5-6-7-8-9-10-11-12-13-14-15-16-17-18-19/h7-8H,2-6,9-18H2,1H3. The average Bonchev–Trinajstić information content (AvgIpc) is 2.43. The highest BCUT2D eigenvalue weighted by Gasteiger charge is 1.91. The van der Waals surface area contributed by atoms with Crippen molar-refractivity contribution >= 4 is 11.6 Å². The van der Waals surface area contributed by atoms with E-state index in [0.29, 0.717) is 0 Å². The molecule has 114 valence electrons. The molecule has 0 amide bonds. The minimum atomic E-state index is 0.838. The fourth-order valence-corrected chi connectivity index (χ4v) is 2.53. The molecule has 0 radical (unpaired) electrons. The third kappa shape index (κ3) is 18.0. The molecular formula is C18H35Cl. The maximum absolute atomic E-state index is 5.65. The van der Waals surface area contributed by atoms with Gasteiger partial charge in [-0.3, -0.25) is 0 Å². The van der Waals surface area contributed by atoms with Crippen molar-refractivity contribution in [3.05, 3.63) is 12.2 Å². The number of unbranched alkanes of at least 4 members (excludes halogenated alkanes) is 12. The minimum Gasteiger partial charge on any atom is -0.127 e. The van der Waals surface area contributed by atoms with Crippen LogP contribution in [0.3, 0.4) is 0 Å². The molecule has 19 heavy (non-hydrogen) atoms. The Labute approximate surface area is 127 Å². The van der Waals surface area contributed by atoms with Crippen LogP contribution in [0.1, 0.15) is 96.8 Å². The first-order chi connectivity index (χ1) is 9.41. The lowest BCUT2D eigenvalue weighted by molar-refractivity contribution is 0.578. The second kappa shape index (κ2) is 18.0. The Morgan fingerprint density at radius 1 is 0.579 bits per heavy atom. The first-order valence-electron chi connectivity index (χ1n) is 8.62. The van der Waals surface area contributed by atoms with E-state index in [2.05, 4.69) is 19.1 Å². The van der Waals surface area contributed by atoms with Crippen LogP contribution >= 0.6 is 11.6 Å². The van der Waals surface area contributed by atoms with Crippen LogP contribution in [-0.4, -0.2) is 5.88 Å². The molecule has 0 saturated carbocycles. The first kappa shape index (κ1) is 19.0. The maximum Gasteiger partial charge on any atom is 0.0223 e. The Hall–Kier alpha value is 0.0300. The van der Waals surface area contributed by atoms with E-state index in [-0.39, 0.29) is 0 Å². The second-order valence-electron chi connectivity index (χ2n) is 5.63. The van der Waals surface area contributed by atoms with Gasteiger partial charge in [0.1, 0.15) is 0 Å². The van der Waals surface area contributed by atoms with Crippen LogP contribution in [-0.2, 0) is 0 Å². The van der Waals surface area contributed by atoms with Gasteiger partial charge in [-0.15, -0.1) is 11.6 Å². The van der Waals surface area contributed by atoms with Crippen molar-refractivity contribution in [3.8, 4) is 0 Å². The molecule has 0 N–H and O–H groups in total. The highest BCUT2D eigenvalue weighted by molar-refractivity contribution is 6.17. The number of halogens is 1. The predicted octanol–water partition coefficient (Wildman–Crippen LogP) is 7.26. The van der Waals surface area contributed by atoms with Gasteiger partial charge in [0, 0.05) is 5.88 Å². The van der Waals surface area contributed by atoms with Crippen molar-refractivity contribution < 1.29 is 0 Å². The molecule has 0 atom stereocenters. The molecule has 0 saturated heterocycles. The van der Waals surface area contributed by atoms with Gasteiger partial charge in [0.05, 0.1) is 0 Å². The van der Waals surface area contributed by atoms with E-state index in [4.69, 9.17) is 11.6 Å². The van der Waals surface area contributed by atoms with E-state index < -0.39 is 0 Å². The number of rotatable bonds is 15. The van der Waals surface area contributed by atoms with Crippen molar-refractivity contribution in [3.63, 3.8) is 0 Å². The molecular weight excluding hydrogens is 252 g/mol. The molecule has 0 aliphatic heterocycles. The van der Waals surface area contributed by atoms with Crippen molar-refractivity contribution in [2.75, 3.05) is 5.88 Å². The van der Waals surface area contributed by atoms with Crippen LogP contribution in [0.5, 0.6) is 0 Å². The van der Waals surface area contributed by atoms with E-state index in [1.54, 1.807) is 0 Å². The van der Waals surface area contributed by atoms with Crippen LogP contribution in [0.2, 0.25) is 0 Å². The summed E-state index contributed by atoms with van der Waals surface area (Å²) < 4.78 is 0. The third-order valence-corrected chi connectivity index (χ3v) is 3.91. The van der Waals surface area contributed by atoms with Crippen LogP contribution in [0, 0.1) is 0 Å². The summed E-state index contributed by atoms with van der Waals surface area (Å²) in [5.74, 6) is 0.838. The van der Waals surface area contributed by atoms with Gasteiger partial charge in [-0.05, 0) is 32.1 Å². The van der Waals surface area contributed by atoms with Gasteiger partial charge < -0.3 is 0 Å². The molecule has 0 aromatic heterocycles. The molecule has 0 fully saturated rings. The Kier molecular flexibility index (Phi) is 18.1. The van der Waals surface area contributed by atoms with Gasteiger partial charge in [0.25, 0.3) is 0 Å². The second-order valence-corrected chi connectivity index (χ2v) is 6.00. The Bertz CT molecular complexity index is 175. The predicted molar refractivity (Wildman–Crippen MR) is 90.2 cm³/mol. The Balaban J connectivity index is 2.99. The Morgan fingerprint density at radius 2 is 1.00 bits per heavy atom. The molecule has 0 heterocycles. The summed E-state index contributed by atoms with van der Waals surface area (Å²) in [7, 11) is 0. The van der Waals surface area contributed by atoms with Gasteiger partial charge in [-0.1, -0.05) is 76.9 Å². The molecule has 0 aromatic carbocycles. The largest absolute Gasteiger partial charge is 0.127 e. The molecule has 1 heteroatoms. The SMILES string of the molecule is CCCCCCC=CCCCCCCCCCCCl. The van der Waals surface area contributed by atoms with Gasteiger partial charge in [-0.25, -0.2) is 0 Å². The van der Waals surface area contributed by atoms with Crippen LogP contribution < -0.4 is 0 Å². The summed E-state index contributed by atoms with van der Waals surface area (Å²) in [5.41, 5.74) is 0. The van der Waals surface area contributed by atoms with E-state index >= 15 is 0 Å². The van der Waals surface area contributed by atoms with Crippen LogP contribution in [0.25, 0.3) is 0 Å². The average molecular weight is 287 g/mol. The van der Waals surface area contributed by atoms with Crippen molar-refractivity contribution in [1.82, 2.24) is 0 Å². The molecule has 0 bridgehead atoms. The topological polar surface area (TPSA) is 0 Å². The molecule has 0 aliphatic carbocycles. The molecule has 0 aliphatic rings. The third-order valence-electron chi connectivity index (χ3n) is 3.65. The summed E-state index contributed by atoms with van der Waals surface area (Å²) in [6.45, 7) is 2.27. The van der Waals surface area contributed by atoms with E-state index in [1.807, 2.05) is 0 Å². The lowest BCUT2D eigenvalue weighted by Crippen LogP contribution is -1.81. The number of alkyl halides is 1. The quantitative estimate of drug-likeness (QED) is 0.169.